The van der Waals surface area contributed by atoms with Gasteiger partial charge in [0.05, 0.1) is 17.5 Å². The van der Waals surface area contributed by atoms with Crippen molar-refractivity contribution in [2.45, 2.75) is 19.4 Å². The molecule has 0 aliphatic heterocycles. The van der Waals surface area contributed by atoms with Gasteiger partial charge in [-0.1, -0.05) is 6.07 Å². The topological polar surface area (TPSA) is 97.1 Å². The van der Waals surface area contributed by atoms with E-state index in [-0.39, 0.29) is 0 Å². The van der Waals surface area contributed by atoms with Crippen LogP contribution in [0.4, 0.5) is 0 Å². The fourth-order valence-electron chi connectivity index (χ4n) is 2.07. The molecular formula is C15H18N4O3S. The quantitative estimate of drug-likeness (QED) is 0.797. The zero-order valence-corrected chi connectivity index (χ0v) is 13.7. The molecule has 122 valence electrons. The van der Waals surface area contributed by atoms with Crippen molar-refractivity contribution in [3.63, 3.8) is 0 Å². The molecule has 0 aliphatic rings. The average Bonchev–Trinajstić information content (AvgIpc) is 2.93. The van der Waals surface area contributed by atoms with Crippen LogP contribution in [-0.2, 0) is 4.79 Å². The first-order chi connectivity index (χ1) is 11.0. The third-order valence-electron chi connectivity index (χ3n) is 3.33. The highest BCUT2D eigenvalue weighted by atomic mass is 32.2. The molecule has 1 amide bonds. The first kappa shape index (κ1) is 17.0. The summed E-state index contributed by atoms with van der Waals surface area (Å²) in [6.07, 6.45) is 5.32. The van der Waals surface area contributed by atoms with E-state index in [1.54, 1.807) is 29.9 Å². The molecule has 0 aliphatic carbocycles. The van der Waals surface area contributed by atoms with E-state index in [9.17, 15) is 14.7 Å². The van der Waals surface area contributed by atoms with Crippen LogP contribution in [0.15, 0.2) is 30.6 Å². The maximum absolute atomic E-state index is 12.3. The summed E-state index contributed by atoms with van der Waals surface area (Å²) in [6, 6.07) is 4.48. The van der Waals surface area contributed by atoms with E-state index >= 15 is 0 Å². The molecule has 0 fully saturated rings. The van der Waals surface area contributed by atoms with Crippen molar-refractivity contribution in [1.82, 2.24) is 20.1 Å². The molecule has 0 aromatic carbocycles. The van der Waals surface area contributed by atoms with Crippen LogP contribution in [-0.4, -0.2) is 49.8 Å². The summed E-state index contributed by atoms with van der Waals surface area (Å²) in [7, 11) is 0. The Morgan fingerprint density at radius 2 is 2.22 bits per heavy atom. The summed E-state index contributed by atoms with van der Waals surface area (Å²) in [5.41, 5.74) is 0.946. The molecule has 2 heterocycles. The monoisotopic (exact) mass is 334 g/mol. The second-order valence-corrected chi connectivity index (χ2v) is 5.87. The smallest absolute Gasteiger partial charge is 0.326 e. The van der Waals surface area contributed by atoms with Crippen LogP contribution in [0.2, 0.25) is 0 Å². The van der Waals surface area contributed by atoms with Gasteiger partial charge in [-0.15, -0.1) is 0 Å². The minimum absolute atomic E-state index is 0.339. The van der Waals surface area contributed by atoms with Crippen molar-refractivity contribution in [2.24, 2.45) is 0 Å². The van der Waals surface area contributed by atoms with Gasteiger partial charge >= 0.3 is 5.97 Å². The van der Waals surface area contributed by atoms with Gasteiger partial charge in [0, 0.05) is 6.20 Å². The molecule has 0 radical (unpaired) electrons. The van der Waals surface area contributed by atoms with Gasteiger partial charge < -0.3 is 10.4 Å². The number of amides is 1. The third-order valence-corrected chi connectivity index (χ3v) is 3.98. The van der Waals surface area contributed by atoms with Crippen molar-refractivity contribution in [3.05, 3.63) is 41.9 Å². The van der Waals surface area contributed by atoms with Gasteiger partial charge in [-0.05, 0) is 37.5 Å². The Balaban J connectivity index is 2.17. The number of nitrogens with one attached hydrogen (secondary N) is 1. The Bertz CT molecular complexity index is 687. The van der Waals surface area contributed by atoms with E-state index in [2.05, 4.69) is 15.4 Å². The molecule has 2 N–H and O–H groups in total. The zero-order valence-electron chi connectivity index (χ0n) is 12.9. The summed E-state index contributed by atoms with van der Waals surface area (Å²) in [5, 5.41) is 15.9. The summed E-state index contributed by atoms with van der Waals surface area (Å²) < 4.78 is 1.55. The van der Waals surface area contributed by atoms with E-state index < -0.39 is 17.9 Å². The average molecular weight is 334 g/mol. The normalized spacial score (nSPS) is 11.9. The van der Waals surface area contributed by atoms with E-state index in [1.807, 2.05) is 12.3 Å². The Morgan fingerprint density at radius 1 is 1.43 bits per heavy atom. The molecule has 7 nitrogen and oxygen atoms in total. The minimum atomic E-state index is -1.04. The number of aliphatic carboxylic acids is 1. The summed E-state index contributed by atoms with van der Waals surface area (Å²) in [4.78, 5) is 27.7. The number of rotatable bonds is 7. The molecule has 2 rings (SSSR count). The van der Waals surface area contributed by atoms with Gasteiger partial charge in [0.1, 0.15) is 6.04 Å². The lowest BCUT2D eigenvalue weighted by Crippen LogP contribution is -2.41. The number of hydrogen-bond donors (Lipinski definition) is 2. The molecule has 8 heteroatoms. The second-order valence-electron chi connectivity index (χ2n) is 4.89. The van der Waals surface area contributed by atoms with Crippen LogP contribution >= 0.6 is 11.8 Å². The van der Waals surface area contributed by atoms with Gasteiger partial charge in [-0.2, -0.15) is 16.9 Å². The van der Waals surface area contributed by atoms with Crippen molar-refractivity contribution in [3.8, 4) is 5.82 Å². The number of pyridine rings is 1. The van der Waals surface area contributed by atoms with Crippen LogP contribution in [0.5, 0.6) is 0 Å². The Labute approximate surface area is 138 Å². The van der Waals surface area contributed by atoms with E-state index in [0.717, 1.165) is 0 Å². The molecule has 0 spiro atoms. The van der Waals surface area contributed by atoms with Gasteiger partial charge in [0.15, 0.2) is 5.82 Å². The fraction of sp³-hybridized carbons (Fsp3) is 0.333. The van der Waals surface area contributed by atoms with Gasteiger partial charge in [-0.3, -0.25) is 4.79 Å². The predicted octanol–water partition coefficient (Wildman–Crippen LogP) is 1.51. The van der Waals surface area contributed by atoms with Crippen LogP contribution in [0.1, 0.15) is 22.5 Å². The van der Waals surface area contributed by atoms with Crippen LogP contribution in [0.25, 0.3) is 5.82 Å². The molecule has 23 heavy (non-hydrogen) atoms. The molecule has 1 unspecified atom stereocenters. The van der Waals surface area contributed by atoms with E-state index in [0.29, 0.717) is 29.2 Å². The summed E-state index contributed by atoms with van der Waals surface area (Å²) in [6.45, 7) is 1.74. The molecule has 2 aromatic heterocycles. The number of aromatic nitrogens is 3. The number of thioether (sulfide) groups is 1. The number of carboxylic acids is 1. The largest absolute Gasteiger partial charge is 0.480 e. The van der Waals surface area contributed by atoms with Crippen LogP contribution in [0, 0.1) is 6.92 Å². The van der Waals surface area contributed by atoms with Crippen molar-refractivity contribution < 1.29 is 14.7 Å². The zero-order chi connectivity index (χ0) is 16.8. The number of carbonyl (C=O) groups is 2. The summed E-state index contributed by atoms with van der Waals surface area (Å²) in [5.74, 6) is -0.231. The molecular weight excluding hydrogens is 316 g/mol. The van der Waals surface area contributed by atoms with Gasteiger partial charge in [-0.25, -0.2) is 14.5 Å². The lowest BCUT2D eigenvalue weighted by Gasteiger charge is -2.13. The lowest BCUT2D eigenvalue weighted by molar-refractivity contribution is -0.139. The SMILES string of the molecule is CSCCC(NC(=O)c1cnn(-c2ccccn2)c1C)C(=O)O. The number of hydrogen-bond acceptors (Lipinski definition) is 5. The van der Waals surface area contributed by atoms with E-state index in [1.165, 1.54) is 18.0 Å². The number of carboxylic acid groups (broad SMARTS) is 1. The Kier molecular flexibility index (Phi) is 5.75. The van der Waals surface area contributed by atoms with E-state index in [4.69, 9.17) is 0 Å². The highest BCUT2D eigenvalue weighted by molar-refractivity contribution is 7.98. The van der Waals surface area contributed by atoms with Gasteiger partial charge in [0.2, 0.25) is 0 Å². The molecule has 0 saturated carbocycles. The molecule has 0 saturated heterocycles. The minimum Gasteiger partial charge on any atom is -0.480 e. The molecule has 0 bridgehead atoms. The fourth-order valence-corrected chi connectivity index (χ4v) is 2.54. The molecule has 2 aromatic rings. The number of carbonyl (C=O) groups excluding carboxylic acids is 1. The summed E-state index contributed by atoms with van der Waals surface area (Å²) >= 11 is 1.54. The maximum atomic E-state index is 12.3. The standard InChI is InChI=1S/C15H18N4O3S/c1-10-11(9-17-19(10)13-5-3-4-7-16-13)14(20)18-12(15(21)22)6-8-23-2/h3-5,7,9,12H,6,8H2,1-2H3,(H,18,20)(H,21,22). The van der Waals surface area contributed by atoms with Gasteiger partial charge in [0.25, 0.3) is 5.91 Å². The maximum Gasteiger partial charge on any atom is 0.326 e. The number of nitrogens with zero attached hydrogens (tertiary/aromatic N) is 3. The lowest BCUT2D eigenvalue weighted by atomic mass is 10.2. The Morgan fingerprint density at radius 3 is 2.83 bits per heavy atom. The highest BCUT2D eigenvalue weighted by Crippen LogP contribution is 2.12. The van der Waals surface area contributed by atoms with Crippen molar-refractivity contribution in [2.75, 3.05) is 12.0 Å². The molecule has 1 atom stereocenters. The van der Waals surface area contributed by atoms with Crippen molar-refractivity contribution in [1.29, 1.82) is 0 Å². The highest BCUT2D eigenvalue weighted by Gasteiger charge is 2.23. The predicted molar refractivity (Wildman–Crippen MR) is 88.0 cm³/mol. The van der Waals surface area contributed by atoms with Crippen LogP contribution < -0.4 is 5.32 Å². The first-order valence-corrected chi connectivity index (χ1v) is 8.42. The third kappa shape index (κ3) is 4.10. The van der Waals surface area contributed by atoms with Crippen LogP contribution in [0.3, 0.4) is 0 Å². The Hall–Kier alpha value is -2.35. The second kappa shape index (κ2) is 7.77. The first-order valence-electron chi connectivity index (χ1n) is 7.03. The van der Waals surface area contributed by atoms with Crippen molar-refractivity contribution >= 4 is 23.6 Å².